The molecule has 1 aliphatic heterocycles. The van der Waals surface area contributed by atoms with Gasteiger partial charge in [-0.15, -0.1) is 0 Å². The van der Waals surface area contributed by atoms with Crippen LogP contribution >= 0.6 is 0 Å². The van der Waals surface area contributed by atoms with Gasteiger partial charge in [-0.2, -0.15) is 5.10 Å². The van der Waals surface area contributed by atoms with E-state index in [2.05, 4.69) is 10.1 Å². The number of nitrogens with zero attached hydrogens (tertiary/aromatic N) is 5. The fraction of sp³-hybridized carbons (Fsp3) is 0.357. The van der Waals surface area contributed by atoms with Crippen LogP contribution in [0.4, 0.5) is 5.69 Å². The maximum Gasteiger partial charge on any atom is 0.295 e. The molecule has 1 aromatic carbocycles. The van der Waals surface area contributed by atoms with E-state index in [0.29, 0.717) is 19.8 Å². The fourth-order valence-corrected chi connectivity index (χ4v) is 2.52. The Labute approximate surface area is 131 Å². The zero-order valence-electron chi connectivity index (χ0n) is 12.5. The van der Waals surface area contributed by atoms with E-state index in [-0.39, 0.29) is 28.9 Å². The summed E-state index contributed by atoms with van der Waals surface area (Å²) < 4.78 is 6.60. The largest absolute Gasteiger partial charge is 0.377 e. The van der Waals surface area contributed by atoms with Gasteiger partial charge in [-0.1, -0.05) is 0 Å². The molecule has 1 atom stereocenters. The zero-order chi connectivity index (χ0) is 16.4. The Hall–Kier alpha value is -2.81. The molecule has 1 saturated heterocycles. The average Bonchev–Trinajstić information content (AvgIpc) is 3.08. The number of hydrogen-bond donors (Lipinski definition) is 0. The molecule has 120 valence electrons. The quantitative estimate of drug-likeness (QED) is 0.619. The number of amides is 1. The van der Waals surface area contributed by atoms with Crippen molar-refractivity contribution >= 4 is 11.6 Å². The number of carbonyl (C=O) groups excluding carboxylic acids is 1. The first-order valence-electron chi connectivity index (χ1n) is 7.10. The lowest BCUT2D eigenvalue weighted by molar-refractivity contribution is -0.384. The summed E-state index contributed by atoms with van der Waals surface area (Å²) in [6.07, 6.45) is 2.66. The van der Waals surface area contributed by atoms with Crippen LogP contribution in [0.3, 0.4) is 0 Å². The van der Waals surface area contributed by atoms with Gasteiger partial charge in [0.05, 0.1) is 24.2 Å². The maximum absolute atomic E-state index is 12.6. The predicted octanol–water partition coefficient (Wildman–Crippen LogP) is 1.04. The van der Waals surface area contributed by atoms with Crippen molar-refractivity contribution < 1.29 is 14.5 Å². The number of benzene rings is 1. The van der Waals surface area contributed by atoms with Crippen molar-refractivity contribution in [2.45, 2.75) is 13.0 Å². The molecule has 23 heavy (non-hydrogen) atoms. The van der Waals surface area contributed by atoms with Crippen LogP contribution in [0, 0.1) is 10.1 Å². The van der Waals surface area contributed by atoms with E-state index in [1.165, 1.54) is 29.5 Å². The highest BCUT2D eigenvalue weighted by Gasteiger charge is 2.27. The number of morpholine rings is 1. The number of hydrogen-bond acceptors (Lipinski definition) is 6. The van der Waals surface area contributed by atoms with E-state index < -0.39 is 4.92 Å². The normalized spacial score (nSPS) is 18.0. The Bertz CT molecular complexity index is 731. The molecule has 0 N–H and O–H groups in total. The molecule has 9 heteroatoms. The van der Waals surface area contributed by atoms with Gasteiger partial charge < -0.3 is 9.64 Å². The third kappa shape index (κ3) is 2.90. The van der Waals surface area contributed by atoms with Gasteiger partial charge in [0.1, 0.15) is 18.3 Å². The summed E-state index contributed by atoms with van der Waals surface area (Å²) in [5.41, 5.74) is 0.343. The smallest absolute Gasteiger partial charge is 0.295 e. The van der Waals surface area contributed by atoms with Crippen molar-refractivity contribution in [3.05, 3.63) is 46.5 Å². The molecule has 0 saturated carbocycles. The van der Waals surface area contributed by atoms with Crippen LogP contribution < -0.4 is 0 Å². The second kappa shape index (κ2) is 6.13. The number of rotatable bonds is 3. The highest BCUT2D eigenvalue weighted by Crippen LogP contribution is 2.25. The number of ether oxygens (including phenoxy) is 1. The van der Waals surface area contributed by atoms with Crippen molar-refractivity contribution in [1.82, 2.24) is 19.7 Å². The topological polar surface area (TPSA) is 103 Å². The van der Waals surface area contributed by atoms with Crippen molar-refractivity contribution in [3.8, 4) is 5.69 Å². The predicted molar refractivity (Wildman–Crippen MR) is 79.3 cm³/mol. The Morgan fingerprint density at radius 1 is 1.48 bits per heavy atom. The lowest BCUT2D eigenvalue weighted by atomic mass is 10.1. The van der Waals surface area contributed by atoms with Crippen LogP contribution in [0.2, 0.25) is 0 Å². The molecule has 0 unspecified atom stereocenters. The summed E-state index contributed by atoms with van der Waals surface area (Å²) in [4.78, 5) is 28.8. The summed E-state index contributed by atoms with van der Waals surface area (Å²) >= 11 is 0. The molecule has 9 nitrogen and oxygen atoms in total. The Morgan fingerprint density at radius 2 is 2.30 bits per heavy atom. The second-order valence-electron chi connectivity index (χ2n) is 5.22. The lowest BCUT2D eigenvalue weighted by Gasteiger charge is -2.33. The fourth-order valence-electron chi connectivity index (χ4n) is 2.52. The standard InChI is InChI=1S/C14H15N5O4/c1-10-7-23-5-4-17(10)14(20)11-2-3-12(13(6-11)19(21)22)18-9-15-8-16-18/h2-3,6,8-10H,4-5,7H2,1H3/t10-/m1/s1. The number of nitro benzene ring substituents is 1. The average molecular weight is 317 g/mol. The van der Waals surface area contributed by atoms with E-state index in [4.69, 9.17) is 4.74 Å². The van der Waals surface area contributed by atoms with Gasteiger partial charge in [0, 0.05) is 18.2 Å². The van der Waals surface area contributed by atoms with Gasteiger partial charge in [-0.3, -0.25) is 14.9 Å². The molecular formula is C14H15N5O4. The molecule has 0 aliphatic carbocycles. The number of carbonyl (C=O) groups is 1. The van der Waals surface area contributed by atoms with Crippen molar-refractivity contribution in [3.63, 3.8) is 0 Å². The second-order valence-corrected chi connectivity index (χ2v) is 5.22. The summed E-state index contributed by atoms with van der Waals surface area (Å²) in [6.45, 7) is 3.29. The molecule has 1 aliphatic rings. The monoisotopic (exact) mass is 317 g/mol. The number of aromatic nitrogens is 3. The minimum Gasteiger partial charge on any atom is -0.377 e. The van der Waals surface area contributed by atoms with Gasteiger partial charge in [0.25, 0.3) is 11.6 Å². The molecule has 0 spiro atoms. The van der Waals surface area contributed by atoms with Crippen molar-refractivity contribution in [1.29, 1.82) is 0 Å². The summed E-state index contributed by atoms with van der Waals surface area (Å²) in [6, 6.07) is 4.28. The van der Waals surface area contributed by atoms with Crippen molar-refractivity contribution in [2.24, 2.45) is 0 Å². The van der Waals surface area contributed by atoms with Gasteiger partial charge >= 0.3 is 0 Å². The van der Waals surface area contributed by atoms with E-state index in [1.54, 1.807) is 11.0 Å². The van der Waals surface area contributed by atoms with E-state index in [1.807, 2.05) is 6.92 Å². The SMILES string of the molecule is C[C@@H]1COCCN1C(=O)c1ccc(-n2cncn2)c([N+](=O)[O-])c1. The Kier molecular flexibility index (Phi) is 4.02. The highest BCUT2D eigenvalue weighted by atomic mass is 16.6. The van der Waals surface area contributed by atoms with Crippen LogP contribution in [0.5, 0.6) is 0 Å². The van der Waals surface area contributed by atoms with Crippen LogP contribution in [0.15, 0.2) is 30.9 Å². The zero-order valence-corrected chi connectivity index (χ0v) is 12.5. The minimum absolute atomic E-state index is 0.0645. The first-order valence-corrected chi connectivity index (χ1v) is 7.10. The highest BCUT2D eigenvalue weighted by molar-refractivity contribution is 5.95. The summed E-state index contributed by atoms with van der Waals surface area (Å²) in [5.74, 6) is -0.242. The van der Waals surface area contributed by atoms with E-state index in [0.717, 1.165) is 0 Å². The molecule has 2 heterocycles. The Balaban J connectivity index is 1.96. The van der Waals surface area contributed by atoms with E-state index >= 15 is 0 Å². The van der Waals surface area contributed by atoms with Crippen LogP contribution in [-0.2, 0) is 4.74 Å². The van der Waals surface area contributed by atoms with E-state index in [9.17, 15) is 14.9 Å². The molecular weight excluding hydrogens is 302 g/mol. The van der Waals surface area contributed by atoms with Crippen molar-refractivity contribution in [2.75, 3.05) is 19.8 Å². The molecule has 1 fully saturated rings. The summed E-state index contributed by atoms with van der Waals surface area (Å²) in [5, 5.41) is 15.2. The first kappa shape index (κ1) is 15.1. The first-order chi connectivity index (χ1) is 11.1. The molecule has 2 aromatic rings. The molecule has 1 amide bonds. The summed E-state index contributed by atoms with van der Waals surface area (Å²) in [7, 11) is 0. The maximum atomic E-state index is 12.6. The molecule has 0 bridgehead atoms. The van der Waals surface area contributed by atoms with Gasteiger partial charge in [0.2, 0.25) is 0 Å². The lowest BCUT2D eigenvalue weighted by Crippen LogP contribution is -2.47. The van der Waals surface area contributed by atoms with Crippen LogP contribution in [0.25, 0.3) is 5.69 Å². The third-order valence-electron chi connectivity index (χ3n) is 3.71. The number of nitro groups is 1. The molecule has 1 aromatic heterocycles. The van der Waals surface area contributed by atoms with Crippen LogP contribution in [-0.4, -0.2) is 56.3 Å². The Morgan fingerprint density at radius 3 is 2.96 bits per heavy atom. The van der Waals surface area contributed by atoms with Gasteiger partial charge in [-0.05, 0) is 19.1 Å². The molecule has 0 radical (unpaired) electrons. The van der Waals surface area contributed by atoms with Crippen LogP contribution in [0.1, 0.15) is 17.3 Å². The minimum atomic E-state index is -0.531. The van der Waals surface area contributed by atoms with Gasteiger partial charge in [0.15, 0.2) is 0 Å². The molecule has 3 rings (SSSR count). The third-order valence-corrected chi connectivity index (χ3v) is 3.71. The van der Waals surface area contributed by atoms with Gasteiger partial charge in [-0.25, -0.2) is 9.67 Å².